The topological polar surface area (TPSA) is 15.3 Å². The summed E-state index contributed by atoms with van der Waals surface area (Å²) in [5.41, 5.74) is 2.61. The van der Waals surface area contributed by atoms with E-state index in [0.717, 1.165) is 40.6 Å². The Labute approximate surface area is 128 Å². The van der Waals surface area contributed by atoms with Crippen molar-refractivity contribution in [1.29, 1.82) is 0 Å². The van der Waals surface area contributed by atoms with Crippen molar-refractivity contribution in [3.05, 3.63) is 27.2 Å². The highest BCUT2D eigenvalue weighted by Crippen LogP contribution is 2.42. The van der Waals surface area contributed by atoms with Gasteiger partial charge in [-0.05, 0) is 66.2 Å². The quantitative estimate of drug-likeness (QED) is 0.873. The molecule has 1 saturated heterocycles. The van der Waals surface area contributed by atoms with Crippen molar-refractivity contribution < 1.29 is 0 Å². The van der Waals surface area contributed by atoms with E-state index in [1.54, 1.807) is 0 Å². The molecule has 1 aliphatic heterocycles. The first kappa shape index (κ1) is 13.7. The van der Waals surface area contributed by atoms with E-state index in [2.05, 4.69) is 45.2 Å². The van der Waals surface area contributed by atoms with Gasteiger partial charge in [-0.1, -0.05) is 11.6 Å². The molecule has 2 fully saturated rings. The fraction of sp³-hybridized carbons (Fsp3) is 0.600. The Morgan fingerprint density at radius 2 is 2.16 bits per heavy atom. The fourth-order valence-corrected chi connectivity index (χ4v) is 3.95. The van der Waals surface area contributed by atoms with Crippen LogP contribution in [0.2, 0.25) is 5.02 Å². The lowest BCUT2D eigenvalue weighted by atomic mass is 9.92. The lowest BCUT2D eigenvalue weighted by Gasteiger charge is -2.43. The van der Waals surface area contributed by atoms with Crippen molar-refractivity contribution in [1.82, 2.24) is 5.32 Å². The molecule has 1 aliphatic carbocycles. The summed E-state index contributed by atoms with van der Waals surface area (Å²) in [4.78, 5) is 2.46. The molecule has 1 unspecified atom stereocenters. The first-order valence-electron chi connectivity index (χ1n) is 6.95. The first-order chi connectivity index (χ1) is 8.99. The van der Waals surface area contributed by atoms with Crippen molar-refractivity contribution in [2.75, 3.05) is 24.5 Å². The number of rotatable bonds is 2. The molecule has 1 aromatic rings. The number of nitrogens with one attached hydrogen (secondary N) is 1. The lowest BCUT2D eigenvalue weighted by Crippen LogP contribution is -2.60. The van der Waals surface area contributed by atoms with Gasteiger partial charge < -0.3 is 10.2 Å². The first-order valence-corrected chi connectivity index (χ1v) is 8.12. The maximum atomic E-state index is 6.29. The van der Waals surface area contributed by atoms with E-state index in [-0.39, 0.29) is 5.54 Å². The Hall–Kier alpha value is -0.250. The molecule has 0 amide bonds. The van der Waals surface area contributed by atoms with Crippen LogP contribution in [0.1, 0.15) is 25.3 Å². The fourth-order valence-electron chi connectivity index (χ4n) is 3.09. The number of anilines is 1. The summed E-state index contributed by atoms with van der Waals surface area (Å²) >= 11 is 9.97. The van der Waals surface area contributed by atoms with Crippen molar-refractivity contribution in [2.45, 2.75) is 32.2 Å². The second kappa shape index (κ2) is 4.94. The Balaban J connectivity index is 1.87. The molecule has 2 aliphatic rings. The number of benzene rings is 1. The molecule has 0 bridgehead atoms. The molecule has 19 heavy (non-hydrogen) atoms. The Morgan fingerprint density at radius 1 is 1.42 bits per heavy atom. The zero-order valence-electron chi connectivity index (χ0n) is 11.5. The predicted molar refractivity (Wildman–Crippen MR) is 85.2 cm³/mol. The van der Waals surface area contributed by atoms with Gasteiger partial charge in [0.05, 0.1) is 5.69 Å². The molecule has 1 atom stereocenters. The SMILES string of the molecule is Cc1cc(Br)c(N2CCNC(C)(C3CC3)C2)cc1Cl. The molecule has 1 heterocycles. The number of piperazine rings is 1. The zero-order chi connectivity index (χ0) is 13.6. The summed E-state index contributed by atoms with van der Waals surface area (Å²) in [6.07, 6.45) is 2.74. The third-order valence-electron chi connectivity index (χ3n) is 4.48. The number of hydrogen-bond donors (Lipinski definition) is 1. The van der Waals surface area contributed by atoms with E-state index in [0.29, 0.717) is 0 Å². The summed E-state index contributed by atoms with van der Waals surface area (Å²) in [5, 5.41) is 4.56. The van der Waals surface area contributed by atoms with Crippen LogP contribution in [0.15, 0.2) is 16.6 Å². The zero-order valence-corrected chi connectivity index (χ0v) is 13.8. The van der Waals surface area contributed by atoms with Crippen LogP contribution in [0.5, 0.6) is 0 Å². The van der Waals surface area contributed by atoms with Crippen LogP contribution < -0.4 is 10.2 Å². The van der Waals surface area contributed by atoms with Gasteiger partial charge in [0.2, 0.25) is 0 Å². The minimum Gasteiger partial charge on any atom is -0.367 e. The van der Waals surface area contributed by atoms with Gasteiger partial charge in [-0.15, -0.1) is 0 Å². The maximum Gasteiger partial charge on any atom is 0.0526 e. The van der Waals surface area contributed by atoms with E-state index in [1.165, 1.54) is 18.5 Å². The molecule has 0 aromatic heterocycles. The van der Waals surface area contributed by atoms with Gasteiger partial charge in [-0.25, -0.2) is 0 Å². The largest absolute Gasteiger partial charge is 0.367 e. The lowest BCUT2D eigenvalue weighted by molar-refractivity contribution is 0.285. The average Bonchev–Trinajstić information content (AvgIpc) is 3.18. The second-order valence-corrected chi connectivity index (χ2v) is 7.35. The predicted octanol–water partition coefficient (Wildman–Crippen LogP) is 3.99. The summed E-state index contributed by atoms with van der Waals surface area (Å²) in [6, 6.07) is 4.22. The van der Waals surface area contributed by atoms with E-state index in [4.69, 9.17) is 11.6 Å². The molecular formula is C15H20BrClN2. The molecule has 104 valence electrons. The van der Waals surface area contributed by atoms with Gasteiger partial charge >= 0.3 is 0 Å². The molecule has 1 N–H and O–H groups in total. The highest BCUT2D eigenvalue weighted by Gasteiger charge is 2.44. The van der Waals surface area contributed by atoms with Crippen LogP contribution in [0.4, 0.5) is 5.69 Å². The minimum atomic E-state index is 0.259. The Bertz CT molecular complexity index is 501. The van der Waals surface area contributed by atoms with E-state index >= 15 is 0 Å². The van der Waals surface area contributed by atoms with Crippen LogP contribution in [0.25, 0.3) is 0 Å². The monoisotopic (exact) mass is 342 g/mol. The summed E-state index contributed by atoms with van der Waals surface area (Å²) in [6.45, 7) is 7.56. The smallest absolute Gasteiger partial charge is 0.0526 e. The normalized spacial score (nSPS) is 27.7. The summed E-state index contributed by atoms with van der Waals surface area (Å²) in [7, 11) is 0. The third kappa shape index (κ3) is 2.65. The van der Waals surface area contributed by atoms with Crippen LogP contribution in [-0.4, -0.2) is 25.2 Å². The average molecular weight is 344 g/mol. The van der Waals surface area contributed by atoms with E-state index in [9.17, 15) is 0 Å². The Kier molecular flexibility index (Phi) is 3.57. The molecular weight excluding hydrogens is 324 g/mol. The van der Waals surface area contributed by atoms with Crippen molar-refractivity contribution in [3.8, 4) is 0 Å². The van der Waals surface area contributed by atoms with Gasteiger partial charge in [-0.2, -0.15) is 0 Å². The molecule has 2 nitrogen and oxygen atoms in total. The molecule has 3 rings (SSSR count). The number of hydrogen-bond acceptors (Lipinski definition) is 2. The van der Waals surface area contributed by atoms with E-state index in [1.807, 2.05) is 6.92 Å². The van der Waals surface area contributed by atoms with Crippen molar-refractivity contribution in [3.63, 3.8) is 0 Å². The van der Waals surface area contributed by atoms with Crippen LogP contribution in [-0.2, 0) is 0 Å². The standard InChI is InChI=1S/C15H20BrClN2/c1-10-7-12(16)14(8-13(10)17)19-6-5-18-15(2,9-19)11-3-4-11/h7-8,11,18H,3-6,9H2,1-2H3. The maximum absolute atomic E-state index is 6.29. The van der Waals surface area contributed by atoms with Gasteiger partial charge in [0.25, 0.3) is 0 Å². The minimum absolute atomic E-state index is 0.259. The summed E-state index contributed by atoms with van der Waals surface area (Å²) in [5.74, 6) is 0.843. The number of aryl methyl sites for hydroxylation is 1. The molecule has 1 saturated carbocycles. The van der Waals surface area contributed by atoms with Gasteiger partial charge in [-0.3, -0.25) is 0 Å². The highest BCUT2D eigenvalue weighted by atomic mass is 79.9. The molecule has 4 heteroatoms. The number of halogens is 2. The second-order valence-electron chi connectivity index (χ2n) is 6.09. The van der Waals surface area contributed by atoms with Crippen LogP contribution in [0.3, 0.4) is 0 Å². The van der Waals surface area contributed by atoms with Crippen molar-refractivity contribution in [2.24, 2.45) is 5.92 Å². The molecule has 0 spiro atoms. The molecule has 0 radical (unpaired) electrons. The highest BCUT2D eigenvalue weighted by molar-refractivity contribution is 9.10. The van der Waals surface area contributed by atoms with Gasteiger partial charge in [0, 0.05) is 34.7 Å². The number of nitrogens with zero attached hydrogens (tertiary/aromatic N) is 1. The van der Waals surface area contributed by atoms with Crippen LogP contribution >= 0.6 is 27.5 Å². The van der Waals surface area contributed by atoms with E-state index < -0.39 is 0 Å². The van der Waals surface area contributed by atoms with Gasteiger partial charge in [0.15, 0.2) is 0 Å². The summed E-state index contributed by atoms with van der Waals surface area (Å²) < 4.78 is 1.15. The van der Waals surface area contributed by atoms with Crippen molar-refractivity contribution >= 4 is 33.2 Å². The third-order valence-corrected chi connectivity index (χ3v) is 5.52. The van der Waals surface area contributed by atoms with Crippen LogP contribution in [0, 0.1) is 12.8 Å². The van der Waals surface area contributed by atoms with Gasteiger partial charge in [0.1, 0.15) is 0 Å². The molecule has 1 aromatic carbocycles. The Morgan fingerprint density at radius 3 is 2.84 bits per heavy atom.